The van der Waals surface area contributed by atoms with Crippen molar-refractivity contribution in [3.63, 3.8) is 0 Å². The monoisotopic (exact) mass is 338 g/mol. The van der Waals surface area contributed by atoms with Gasteiger partial charge in [0, 0.05) is 36.9 Å². The second-order valence-electron chi connectivity index (χ2n) is 5.87. The number of likely N-dealkylation sites (N-methyl/N-ethyl adjacent to an activating group) is 1. The van der Waals surface area contributed by atoms with Gasteiger partial charge in [-0.25, -0.2) is 4.79 Å². The van der Waals surface area contributed by atoms with E-state index in [1.54, 1.807) is 18.9 Å². The molecule has 7 heteroatoms. The van der Waals surface area contributed by atoms with Gasteiger partial charge in [-0.2, -0.15) is 0 Å². The molecular weight excluding hydrogens is 316 g/mol. The van der Waals surface area contributed by atoms with Crippen molar-refractivity contribution < 1.29 is 9.59 Å². The van der Waals surface area contributed by atoms with Gasteiger partial charge in [-0.15, -0.1) is 0 Å². The Morgan fingerprint density at radius 3 is 2.39 bits per heavy atom. The molecular formula is C16H23ClN4O2. The molecule has 0 bridgehead atoms. The molecule has 0 radical (unpaired) electrons. The summed E-state index contributed by atoms with van der Waals surface area (Å²) in [7, 11) is 1.78. The van der Waals surface area contributed by atoms with Gasteiger partial charge >= 0.3 is 6.03 Å². The summed E-state index contributed by atoms with van der Waals surface area (Å²) in [4.78, 5) is 27.2. The average Bonchev–Trinajstić information content (AvgIpc) is 2.53. The van der Waals surface area contributed by atoms with Crippen LogP contribution in [0.3, 0.4) is 0 Å². The molecule has 126 valence electrons. The molecule has 1 atom stereocenters. The predicted molar refractivity (Wildman–Crippen MR) is 91.6 cm³/mol. The van der Waals surface area contributed by atoms with E-state index in [2.05, 4.69) is 10.2 Å². The summed E-state index contributed by atoms with van der Waals surface area (Å²) in [5, 5.41) is 3.15. The second-order valence-corrected chi connectivity index (χ2v) is 6.31. The first kappa shape index (κ1) is 17.4. The van der Waals surface area contributed by atoms with Crippen LogP contribution in [0.25, 0.3) is 0 Å². The number of carbonyl (C=O) groups is 2. The third-order valence-corrected chi connectivity index (χ3v) is 4.53. The third-order valence-electron chi connectivity index (χ3n) is 4.28. The highest BCUT2D eigenvalue weighted by atomic mass is 35.5. The number of hydrogen-bond donors (Lipinski definition) is 2. The predicted octanol–water partition coefficient (Wildman–Crippen LogP) is 1.82. The molecule has 6 nitrogen and oxygen atoms in total. The van der Waals surface area contributed by atoms with Gasteiger partial charge in [0.05, 0.1) is 0 Å². The number of amides is 3. The number of urea groups is 1. The largest absolute Gasteiger partial charge is 0.371 e. The fourth-order valence-electron chi connectivity index (χ4n) is 2.92. The van der Waals surface area contributed by atoms with Gasteiger partial charge in [-0.3, -0.25) is 4.79 Å². The first-order chi connectivity index (χ1) is 10.9. The topological polar surface area (TPSA) is 78.7 Å². The van der Waals surface area contributed by atoms with Gasteiger partial charge < -0.3 is 20.9 Å². The molecule has 0 aromatic heterocycles. The Balaban J connectivity index is 1.89. The van der Waals surface area contributed by atoms with Crippen molar-refractivity contribution in [1.29, 1.82) is 0 Å². The zero-order valence-electron chi connectivity index (χ0n) is 13.5. The van der Waals surface area contributed by atoms with Gasteiger partial charge in [0.15, 0.2) is 0 Å². The molecule has 1 heterocycles. The Labute approximate surface area is 141 Å². The molecule has 1 unspecified atom stereocenters. The van der Waals surface area contributed by atoms with Crippen LogP contribution in [0.2, 0.25) is 5.02 Å². The van der Waals surface area contributed by atoms with Crippen LogP contribution in [0.5, 0.6) is 0 Å². The van der Waals surface area contributed by atoms with E-state index in [1.807, 2.05) is 24.3 Å². The lowest BCUT2D eigenvalue weighted by Crippen LogP contribution is -2.52. The quantitative estimate of drug-likeness (QED) is 0.879. The van der Waals surface area contributed by atoms with Crippen LogP contribution in [0.15, 0.2) is 24.3 Å². The first-order valence-corrected chi connectivity index (χ1v) is 8.09. The molecule has 1 aliphatic rings. The molecule has 1 saturated heterocycles. The van der Waals surface area contributed by atoms with E-state index in [1.165, 1.54) is 0 Å². The van der Waals surface area contributed by atoms with E-state index in [9.17, 15) is 9.59 Å². The number of carbonyl (C=O) groups excluding carboxylic acids is 2. The zero-order valence-corrected chi connectivity index (χ0v) is 14.2. The smallest absolute Gasteiger partial charge is 0.312 e. The minimum Gasteiger partial charge on any atom is -0.371 e. The van der Waals surface area contributed by atoms with Gasteiger partial charge in [0.25, 0.3) is 0 Å². The van der Waals surface area contributed by atoms with Crippen LogP contribution in [-0.4, -0.2) is 49.1 Å². The maximum absolute atomic E-state index is 12.3. The van der Waals surface area contributed by atoms with Gasteiger partial charge in [0.1, 0.15) is 6.04 Å². The number of nitrogens with one attached hydrogen (secondary N) is 1. The summed E-state index contributed by atoms with van der Waals surface area (Å²) in [6.07, 6.45) is 1.77. The SMILES string of the molecule is CC(NC(N)=O)C(=O)N(C)C1CCN(c2ccc(Cl)cc2)CC1. The van der Waals surface area contributed by atoms with Gasteiger partial charge in [-0.05, 0) is 44.0 Å². The van der Waals surface area contributed by atoms with Crippen LogP contribution in [-0.2, 0) is 4.79 Å². The van der Waals surface area contributed by atoms with Crippen molar-refractivity contribution in [3.05, 3.63) is 29.3 Å². The molecule has 23 heavy (non-hydrogen) atoms. The van der Waals surface area contributed by atoms with E-state index in [0.717, 1.165) is 36.6 Å². The van der Waals surface area contributed by atoms with E-state index in [0.29, 0.717) is 0 Å². The standard InChI is InChI=1S/C16H23ClN4O2/c1-11(19-16(18)23)15(22)20(2)13-7-9-21(10-8-13)14-5-3-12(17)4-6-14/h3-6,11,13H,7-10H2,1-2H3,(H3,18,19,23). The molecule has 2 rings (SSSR count). The number of hydrogen-bond acceptors (Lipinski definition) is 3. The number of piperidine rings is 1. The normalized spacial score (nSPS) is 16.7. The lowest BCUT2D eigenvalue weighted by Gasteiger charge is -2.38. The fourth-order valence-corrected chi connectivity index (χ4v) is 3.05. The molecule has 1 fully saturated rings. The lowest BCUT2D eigenvalue weighted by molar-refractivity contribution is -0.133. The number of primary amides is 1. The molecule has 0 saturated carbocycles. The molecule has 0 spiro atoms. The summed E-state index contributed by atoms with van der Waals surface area (Å²) in [6.45, 7) is 3.40. The fraction of sp³-hybridized carbons (Fsp3) is 0.500. The Kier molecular flexibility index (Phi) is 5.71. The molecule has 1 aromatic rings. The number of nitrogens with zero attached hydrogens (tertiary/aromatic N) is 2. The molecule has 1 aliphatic heterocycles. The highest BCUT2D eigenvalue weighted by Gasteiger charge is 2.28. The summed E-state index contributed by atoms with van der Waals surface area (Å²) in [5.74, 6) is -0.117. The van der Waals surface area contributed by atoms with E-state index in [-0.39, 0.29) is 11.9 Å². The van der Waals surface area contributed by atoms with E-state index < -0.39 is 12.1 Å². The maximum atomic E-state index is 12.3. The summed E-state index contributed by atoms with van der Waals surface area (Å²) < 4.78 is 0. The van der Waals surface area contributed by atoms with E-state index in [4.69, 9.17) is 17.3 Å². The number of nitrogens with two attached hydrogens (primary N) is 1. The van der Waals surface area contributed by atoms with Crippen molar-refractivity contribution in [1.82, 2.24) is 10.2 Å². The summed E-state index contributed by atoms with van der Waals surface area (Å²) in [6, 6.07) is 6.67. The van der Waals surface area contributed by atoms with Gasteiger partial charge in [-0.1, -0.05) is 11.6 Å². The average molecular weight is 339 g/mol. The number of anilines is 1. The van der Waals surface area contributed by atoms with Gasteiger partial charge in [0.2, 0.25) is 5.91 Å². The number of rotatable bonds is 4. The maximum Gasteiger partial charge on any atom is 0.312 e. The van der Waals surface area contributed by atoms with Crippen LogP contribution in [0.4, 0.5) is 10.5 Å². The second kappa shape index (κ2) is 7.55. The van der Waals surface area contributed by atoms with Crippen molar-refractivity contribution in [3.8, 4) is 0 Å². The minimum atomic E-state index is -0.684. The zero-order chi connectivity index (χ0) is 17.0. The Bertz CT molecular complexity index is 556. The van der Waals surface area contributed by atoms with Crippen molar-refractivity contribution >= 4 is 29.2 Å². The van der Waals surface area contributed by atoms with E-state index >= 15 is 0 Å². The minimum absolute atomic E-state index is 0.117. The Hall–Kier alpha value is -1.95. The Morgan fingerprint density at radius 2 is 1.87 bits per heavy atom. The number of benzene rings is 1. The van der Waals surface area contributed by atoms with Crippen molar-refractivity contribution in [2.75, 3.05) is 25.0 Å². The Morgan fingerprint density at radius 1 is 1.30 bits per heavy atom. The highest BCUT2D eigenvalue weighted by Crippen LogP contribution is 2.23. The first-order valence-electron chi connectivity index (χ1n) is 7.71. The lowest BCUT2D eigenvalue weighted by atomic mass is 10.0. The summed E-state index contributed by atoms with van der Waals surface area (Å²) in [5.41, 5.74) is 6.21. The van der Waals surface area contributed by atoms with Crippen LogP contribution < -0.4 is 16.0 Å². The molecule has 3 amide bonds. The highest BCUT2D eigenvalue weighted by molar-refractivity contribution is 6.30. The van der Waals surface area contributed by atoms with Crippen molar-refractivity contribution in [2.24, 2.45) is 5.73 Å². The summed E-state index contributed by atoms with van der Waals surface area (Å²) >= 11 is 5.91. The number of halogens is 1. The van der Waals surface area contributed by atoms with Crippen molar-refractivity contribution in [2.45, 2.75) is 31.8 Å². The molecule has 0 aliphatic carbocycles. The third kappa shape index (κ3) is 4.51. The van der Waals surface area contributed by atoms with Crippen LogP contribution >= 0.6 is 11.6 Å². The van der Waals surface area contributed by atoms with Crippen LogP contribution in [0.1, 0.15) is 19.8 Å². The molecule has 1 aromatic carbocycles. The molecule has 3 N–H and O–H groups in total. The van der Waals surface area contributed by atoms with Crippen LogP contribution in [0, 0.1) is 0 Å².